The second-order valence-electron chi connectivity index (χ2n) is 7.84. The van der Waals surface area contributed by atoms with E-state index in [4.69, 9.17) is 0 Å². The molecule has 0 bridgehead atoms. The highest BCUT2D eigenvalue weighted by Gasteiger charge is 2.12. The normalized spacial score (nSPS) is 10.5. The van der Waals surface area contributed by atoms with Crippen molar-refractivity contribution in [3.63, 3.8) is 0 Å². The molecule has 0 aliphatic carbocycles. The maximum absolute atomic E-state index is 12.5. The molecule has 0 aliphatic heterocycles. The van der Waals surface area contributed by atoms with Crippen LogP contribution in [0, 0.1) is 0 Å². The Morgan fingerprint density at radius 3 is 2.29 bits per heavy atom. The molecule has 3 N–H and O–H groups in total. The van der Waals surface area contributed by atoms with Gasteiger partial charge in [-0.05, 0) is 42.3 Å². The van der Waals surface area contributed by atoms with Crippen LogP contribution in [0.1, 0.15) is 22.8 Å². The molecule has 4 aromatic rings. The summed E-state index contributed by atoms with van der Waals surface area (Å²) in [7, 11) is 0. The maximum atomic E-state index is 12.5. The predicted molar refractivity (Wildman–Crippen MR) is 135 cm³/mol. The van der Waals surface area contributed by atoms with E-state index in [1.54, 1.807) is 36.5 Å². The molecule has 0 radical (unpaired) electrons. The molecule has 0 atom stereocenters. The van der Waals surface area contributed by atoms with E-state index in [-0.39, 0.29) is 24.9 Å². The summed E-state index contributed by atoms with van der Waals surface area (Å²) in [5.74, 6) is -1.18. The zero-order valence-electron chi connectivity index (χ0n) is 19.2. The van der Waals surface area contributed by atoms with Crippen molar-refractivity contribution >= 4 is 34.4 Å². The second-order valence-corrected chi connectivity index (χ2v) is 7.84. The van der Waals surface area contributed by atoms with Crippen molar-refractivity contribution in [1.82, 2.24) is 20.6 Å². The zero-order chi connectivity index (χ0) is 24.6. The van der Waals surface area contributed by atoms with E-state index >= 15 is 0 Å². The van der Waals surface area contributed by atoms with Crippen molar-refractivity contribution in [1.29, 1.82) is 0 Å². The number of aryl methyl sites for hydroxylation is 1. The molecular weight excluding hydrogens is 442 g/mol. The molecule has 176 valence electrons. The van der Waals surface area contributed by atoms with Gasteiger partial charge in [-0.3, -0.25) is 19.4 Å². The average Bonchev–Trinajstić information content (AvgIpc) is 2.90. The molecule has 0 fully saturated rings. The van der Waals surface area contributed by atoms with Gasteiger partial charge < -0.3 is 16.0 Å². The predicted octanol–water partition coefficient (Wildman–Crippen LogP) is 3.34. The van der Waals surface area contributed by atoms with Crippen LogP contribution in [0.15, 0.2) is 79.0 Å². The van der Waals surface area contributed by atoms with Gasteiger partial charge in [-0.15, -0.1) is 0 Å². The van der Waals surface area contributed by atoms with Crippen molar-refractivity contribution in [3.8, 4) is 11.3 Å². The smallest absolute Gasteiger partial charge is 0.251 e. The summed E-state index contributed by atoms with van der Waals surface area (Å²) in [5.41, 5.74) is 5.19. The Morgan fingerprint density at radius 1 is 0.800 bits per heavy atom. The molecule has 1 heterocycles. The number of anilines is 1. The van der Waals surface area contributed by atoms with Gasteiger partial charge in [-0.25, -0.2) is 4.98 Å². The van der Waals surface area contributed by atoms with Gasteiger partial charge in [-0.2, -0.15) is 0 Å². The van der Waals surface area contributed by atoms with Crippen LogP contribution in [-0.2, 0) is 16.0 Å². The number of benzene rings is 3. The van der Waals surface area contributed by atoms with E-state index in [1.165, 1.54) is 0 Å². The lowest BCUT2D eigenvalue weighted by Crippen LogP contribution is -2.40. The lowest BCUT2D eigenvalue weighted by molar-refractivity contribution is -0.123. The number of nitrogens with zero attached hydrogens (tertiary/aromatic N) is 2. The quantitative estimate of drug-likeness (QED) is 0.368. The van der Waals surface area contributed by atoms with Gasteiger partial charge in [0.1, 0.15) is 0 Å². The van der Waals surface area contributed by atoms with Crippen LogP contribution in [0.2, 0.25) is 0 Å². The van der Waals surface area contributed by atoms with E-state index in [0.717, 1.165) is 28.6 Å². The van der Waals surface area contributed by atoms with E-state index in [2.05, 4.69) is 25.9 Å². The largest absolute Gasteiger partial charge is 0.345 e. The third-order valence-corrected chi connectivity index (χ3v) is 5.40. The second kappa shape index (κ2) is 11.0. The van der Waals surface area contributed by atoms with Crippen LogP contribution in [0.3, 0.4) is 0 Å². The van der Waals surface area contributed by atoms with Gasteiger partial charge in [0.2, 0.25) is 11.8 Å². The van der Waals surface area contributed by atoms with Gasteiger partial charge in [0, 0.05) is 16.8 Å². The fraction of sp³-hybridized carbons (Fsp3) is 0.148. The number of fused-ring (bicyclic) bond motifs is 1. The molecule has 0 spiro atoms. The summed E-state index contributed by atoms with van der Waals surface area (Å²) in [6, 6.07) is 22.0. The SMILES string of the molecule is CCc1ccc(-c2cnc3ccccc3n2)cc1NC(=O)CNC(=O)CNC(=O)c1ccccc1. The Labute approximate surface area is 202 Å². The topological polar surface area (TPSA) is 113 Å². The summed E-state index contributed by atoms with van der Waals surface area (Å²) in [6.07, 6.45) is 2.43. The molecule has 3 amide bonds. The molecule has 1 aromatic heterocycles. The highest BCUT2D eigenvalue weighted by atomic mass is 16.2. The molecule has 0 unspecified atom stereocenters. The minimum atomic E-state index is -0.458. The fourth-order valence-electron chi connectivity index (χ4n) is 3.54. The summed E-state index contributed by atoms with van der Waals surface area (Å²) in [5, 5.41) is 7.92. The molecular formula is C27H25N5O3. The zero-order valence-corrected chi connectivity index (χ0v) is 19.2. The van der Waals surface area contributed by atoms with E-state index < -0.39 is 5.91 Å². The number of carbonyl (C=O) groups is 3. The Kier molecular flexibility index (Phi) is 7.42. The van der Waals surface area contributed by atoms with Crippen LogP contribution in [0.4, 0.5) is 5.69 Å². The first-order chi connectivity index (χ1) is 17.0. The van der Waals surface area contributed by atoms with Crippen molar-refractivity contribution in [3.05, 3.63) is 90.1 Å². The molecule has 0 saturated heterocycles. The Morgan fingerprint density at radius 2 is 1.51 bits per heavy atom. The minimum Gasteiger partial charge on any atom is -0.345 e. The van der Waals surface area contributed by atoms with Gasteiger partial charge in [0.05, 0.1) is 36.0 Å². The van der Waals surface area contributed by atoms with Crippen LogP contribution < -0.4 is 16.0 Å². The molecule has 3 aromatic carbocycles. The molecule has 0 aliphatic rings. The molecule has 35 heavy (non-hydrogen) atoms. The van der Waals surface area contributed by atoms with Crippen molar-refractivity contribution in [2.24, 2.45) is 0 Å². The average molecular weight is 468 g/mol. The maximum Gasteiger partial charge on any atom is 0.251 e. The minimum absolute atomic E-state index is 0.219. The Balaban J connectivity index is 1.36. The number of carbonyl (C=O) groups excluding carboxylic acids is 3. The third kappa shape index (κ3) is 6.05. The summed E-state index contributed by atoms with van der Waals surface area (Å²) in [6.45, 7) is 1.55. The van der Waals surface area contributed by atoms with Crippen molar-refractivity contribution in [2.45, 2.75) is 13.3 Å². The van der Waals surface area contributed by atoms with Gasteiger partial charge >= 0.3 is 0 Å². The van der Waals surface area contributed by atoms with Gasteiger partial charge in [0.15, 0.2) is 0 Å². The Bertz CT molecular complexity index is 1370. The van der Waals surface area contributed by atoms with Crippen molar-refractivity contribution in [2.75, 3.05) is 18.4 Å². The van der Waals surface area contributed by atoms with E-state index in [9.17, 15) is 14.4 Å². The van der Waals surface area contributed by atoms with Gasteiger partial charge in [-0.1, -0.05) is 49.4 Å². The van der Waals surface area contributed by atoms with Gasteiger partial charge in [0.25, 0.3) is 5.91 Å². The summed E-state index contributed by atoms with van der Waals surface area (Å²) < 4.78 is 0. The van der Waals surface area contributed by atoms with Crippen LogP contribution in [-0.4, -0.2) is 40.8 Å². The summed E-state index contributed by atoms with van der Waals surface area (Å²) >= 11 is 0. The van der Waals surface area contributed by atoms with E-state index in [1.807, 2.05) is 49.4 Å². The van der Waals surface area contributed by atoms with Crippen LogP contribution >= 0.6 is 0 Å². The van der Waals surface area contributed by atoms with Crippen LogP contribution in [0.25, 0.3) is 22.3 Å². The molecule has 8 nitrogen and oxygen atoms in total. The standard InChI is InChI=1S/C27H25N5O3/c1-2-18-12-13-20(24-15-28-21-10-6-7-11-22(21)31-24)14-23(18)32-26(34)17-29-25(33)16-30-27(35)19-8-4-3-5-9-19/h3-15H,2,16-17H2,1H3,(H,29,33)(H,30,35)(H,32,34). The lowest BCUT2D eigenvalue weighted by Gasteiger charge is -2.13. The van der Waals surface area contributed by atoms with E-state index in [0.29, 0.717) is 16.9 Å². The molecule has 4 rings (SSSR count). The monoisotopic (exact) mass is 467 g/mol. The number of hydrogen-bond donors (Lipinski definition) is 3. The number of aromatic nitrogens is 2. The first-order valence-corrected chi connectivity index (χ1v) is 11.3. The number of nitrogens with one attached hydrogen (secondary N) is 3. The third-order valence-electron chi connectivity index (χ3n) is 5.40. The fourth-order valence-corrected chi connectivity index (χ4v) is 3.54. The number of rotatable bonds is 8. The first-order valence-electron chi connectivity index (χ1n) is 11.3. The van der Waals surface area contributed by atoms with Crippen molar-refractivity contribution < 1.29 is 14.4 Å². The number of para-hydroxylation sites is 2. The molecule has 0 saturated carbocycles. The number of amides is 3. The van der Waals surface area contributed by atoms with Crippen LogP contribution in [0.5, 0.6) is 0 Å². The highest BCUT2D eigenvalue weighted by molar-refractivity contribution is 5.98. The lowest BCUT2D eigenvalue weighted by atomic mass is 10.0. The Hall–Kier alpha value is -4.59. The number of hydrogen-bond acceptors (Lipinski definition) is 5. The highest BCUT2D eigenvalue weighted by Crippen LogP contribution is 2.26. The molecule has 8 heteroatoms. The summed E-state index contributed by atoms with van der Waals surface area (Å²) in [4.78, 5) is 45.8. The first kappa shape index (κ1) is 23.6.